The number of para-hydroxylation sites is 1. The van der Waals surface area contributed by atoms with E-state index in [0.29, 0.717) is 30.2 Å². The standard InChI is InChI=1S/C22H21NO3/c1-3-18-14-16(2)23-21(25-15-17-10-6-4-7-11-17)20(18)22(24)26-19-12-8-5-9-13-19/h4-14H,3,15H2,1-2H3. The highest BCUT2D eigenvalue weighted by atomic mass is 16.5. The monoisotopic (exact) mass is 347 g/mol. The van der Waals surface area contributed by atoms with Gasteiger partial charge in [0.25, 0.3) is 0 Å². The molecule has 132 valence electrons. The van der Waals surface area contributed by atoms with E-state index in [0.717, 1.165) is 16.8 Å². The Hall–Kier alpha value is -3.14. The molecule has 3 rings (SSSR count). The molecule has 0 unspecified atom stereocenters. The van der Waals surface area contributed by atoms with Crippen molar-refractivity contribution in [2.45, 2.75) is 26.9 Å². The summed E-state index contributed by atoms with van der Waals surface area (Å²) in [5.74, 6) is 0.351. The minimum absolute atomic E-state index is 0.312. The van der Waals surface area contributed by atoms with Crippen molar-refractivity contribution in [2.75, 3.05) is 0 Å². The highest BCUT2D eigenvalue weighted by molar-refractivity contribution is 5.95. The second kappa shape index (κ2) is 8.30. The summed E-state index contributed by atoms with van der Waals surface area (Å²) in [7, 11) is 0. The minimum Gasteiger partial charge on any atom is -0.472 e. The fraction of sp³-hybridized carbons (Fsp3) is 0.182. The van der Waals surface area contributed by atoms with E-state index in [1.54, 1.807) is 12.1 Å². The first-order chi connectivity index (χ1) is 12.7. The molecule has 26 heavy (non-hydrogen) atoms. The van der Waals surface area contributed by atoms with Crippen molar-refractivity contribution >= 4 is 5.97 Å². The Balaban J connectivity index is 1.90. The minimum atomic E-state index is -0.455. The van der Waals surface area contributed by atoms with Crippen molar-refractivity contribution < 1.29 is 14.3 Å². The summed E-state index contributed by atoms with van der Waals surface area (Å²) in [6, 6.07) is 20.7. The van der Waals surface area contributed by atoms with Gasteiger partial charge in [-0.2, -0.15) is 0 Å². The molecule has 0 radical (unpaired) electrons. The second-order valence-electron chi connectivity index (χ2n) is 5.93. The van der Waals surface area contributed by atoms with Crippen LogP contribution in [0.5, 0.6) is 11.6 Å². The van der Waals surface area contributed by atoms with E-state index in [2.05, 4.69) is 4.98 Å². The van der Waals surface area contributed by atoms with E-state index >= 15 is 0 Å². The van der Waals surface area contributed by atoms with E-state index in [1.807, 2.05) is 68.4 Å². The van der Waals surface area contributed by atoms with Crippen LogP contribution in [0, 0.1) is 6.92 Å². The maximum atomic E-state index is 12.8. The van der Waals surface area contributed by atoms with Gasteiger partial charge in [-0.15, -0.1) is 0 Å². The molecule has 0 aliphatic rings. The molecule has 0 N–H and O–H groups in total. The second-order valence-corrected chi connectivity index (χ2v) is 5.93. The van der Waals surface area contributed by atoms with Crippen LogP contribution in [-0.2, 0) is 13.0 Å². The average Bonchev–Trinajstić information content (AvgIpc) is 2.67. The number of pyridine rings is 1. The van der Waals surface area contributed by atoms with Gasteiger partial charge in [-0.05, 0) is 42.7 Å². The highest BCUT2D eigenvalue weighted by Gasteiger charge is 2.21. The lowest BCUT2D eigenvalue weighted by Gasteiger charge is -2.14. The van der Waals surface area contributed by atoms with Crippen molar-refractivity contribution in [1.82, 2.24) is 4.98 Å². The van der Waals surface area contributed by atoms with Gasteiger partial charge in [0.05, 0.1) is 0 Å². The van der Waals surface area contributed by atoms with Crippen LogP contribution in [-0.4, -0.2) is 11.0 Å². The van der Waals surface area contributed by atoms with Gasteiger partial charge in [-0.1, -0.05) is 55.5 Å². The smallest absolute Gasteiger partial charge is 0.349 e. The number of aromatic nitrogens is 1. The third-order valence-electron chi connectivity index (χ3n) is 3.95. The largest absolute Gasteiger partial charge is 0.472 e. The van der Waals surface area contributed by atoms with Gasteiger partial charge in [-0.3, -0.25) is 0 Å². The summed E-state index contributed by atoms with van der Waals surface area (Å²) < 4.78 is 11.4. The van der Waals surface area contributed by atoms with Crippen LogP contribution in [0.2, 0.25) is 0 Å². The third-order valence-corrected chi connectivity index (χ3v) is 3.95. The number of hydrogen-bond donors (Lipinski definition) is 0. The maximum Gasteiger partial charge on any atom is 0.349 e. The first-order valence-corrected chi connectivity index (χ1v) is 8.62. The molecule has 3 aromatic rings. The number of esters is 1. The predicted octanol–water partition coefficient (Wildman–Crippen LogP) is 4.75. The maximum absolute atomic E-state index is 12.8. The lowest BCUT2D eigenvalue weighted by atomic mass is 10.1. The first-order valence-electron chi connectivity index (χ1n) is 8.62. The SMILES string of the molecule is CCc1cc(C)nc(OCc2ccccc2)c1C(=O)Oc1ccccc1. The molecule has 0 saturated carbocycles. The zero-order valence-corrected chi connectivity index (χ0v) is 14.9. The fourth-order valence-electron chi connectivity index (χ4n) is 2.68. The first kappa shape index (κ1) is 17.7. The Bertz CT molecular complexity index is 877. The lowest BCUT2D eigenvalue weighted by Crippen LogP contribution is -2.15. The van der Waals surface area contributed by atoms with E-state index in [-0.39, 0.29) is 0 Å². The average molecular weight is 347 g/mol. The Labute approximate surface area is 153 Å². The van der Waals surface area contributed by atoms with Gasteiger partial charge in [-0.25, -0.2) is 9.78 Å². The van der Waals surface area contributed by atoms with E-state index in [4.69, 9.17) is 9.47 Å². The number of carbonyl (C=O) groups is 1. The summed E-state index contributed by atoms with van der Waals surface area (Å²) in [6.45, 7) is 4.22. The number of carbonyl (C=O) groups excluding carboxylic acids is 1. The number of hydrogen-bond acceptors (Lipinski definition) is 4. The molecule has 0 saturated heterocycles. The number of benzene rings is 2. The molecule has 0 bridgehead atoms. The number of aryl methyl sites for hydroxylation is 2. The Morgan fingerprint density at radius 1 is 1.00 bits per heavy atom. The summed E-state index contributed by atoms with van der Waals surface area (Å²) in [4.78, 5) is 17.2. The van der Waals surface area contributed by atoms with Crippen molar-refractivity contribution in [3.05, 3.63) is 89.1 Å². The molecule has 1 heterocycles. The van der Waals surface area contributed by atoms with Crippen LogP contribution in [0.3, 0.4) is 0 Å². The van der Waals surface area contributed by atoms with Gasteiger partial charge in [0.15, 0.2) is 0 Å². The van der Waals surface area contributed by atoms with Crippen molar-refractivity contribution in [3.63, 3.8) is 0 Å². The molecule has 4 nitrogen and oxygen atoms in total. The molecule has 0 amide bonds. The Morgan fingerprint density at radius 2 is 1.65 bits per heavy atom. The van der Waals surface area contributed by atoms with Gasteiger partial charge in [0.1, 0.15) is 17.9 Å². The van der Waals surface area contributed by atoms with E-state index < -0.39 is 5.97 Å². The Kier molecular flexibility index (Phi) is 5.64. The van der Waals surface area contributed by atoms with Crippen molar-refractivity contribution in [1.29, 1.82) is 0 Å². The molecule has 0 atom stereocenters. The number of ether oxygens (including phenoxy) is 2. The number of nitrogens with zero attached hydrogens (tertiary/aromatic N) is 1. The van der Waals surface area contributed by atoms with Crippen molar-refractivity contribution in [2.24, 2.45) is 0 Å². The van der Waals surface area contributed by atoms with E-state index in [9.17, 15) is 4.79 Å². The van der Waals surface area contributed by atoms with Crippen LogP contribution in [0.25, 0.3) is 0 Å². The van der Waals surface area contributed by atoms with Crippen LogP contribution in [0.15, 0.2) is 66.7 Å². The molecule has 0 aliphatic carbocycles. The molecule has 2 aromatic carbocycles. The fourth-order valence-corrected chi connectivity index (χ4v) is 2.68. The quantitative estimate of drug-likeness (QED) is 0.477. The summed E-state index contributed by atoms with van der Waals surface area (Å²) >= 11 is 0. The molecule has 0 aliphatic heterocycles. The van der Waals surface area contributed by atoms with Gasteiger partial charge >= 0.3 is 5.97 Å². The molecule has 0 spiro atoms. The van der Waals surface area contributed by atoms with Crippen LogP contribution in [0.4, 0.5) is 0 Å². The Morgan fingerprint density at radius 3 is 2.31 bits per heavy atom. The molecule has 1 aromatic heterocycles. The van der Waals surface area contributed by atoms with Crippen LogP contribution >= 0.6 is 0 Å². The topological polar surface area (TPSA) is 48.4 Å². The summed E-state index contributed by atoms with van der Waals surface area (Å²) in [5, 5.41) is 0. The molecule has 4 heteroatoms. The zero-order valence-electron chi connectivity index (χ0n) is 14.9. The summed E-state index contributed by atoms with van der Waals surface area (Å²) in [5.41, 5.74) is 3.07. The predicted molar refractivity (Wildman–Crippen MR) is 101 cm³/mol. The number of rotatable bonds is 6. The lowest BCUT2D eigenvalue weighted by molar-refractivity contribution is 0.0727. The third kappa shape index (κ3) is 4.28. The van der Waals surface area contributed by atoms with Gasteiger partial charge < -0.3 is 9.47 Å². The van der Waals surface area contributed by atoms with Crippen LogP contribution < -0.4 is 9.47 Å². The molecular formula is C22H21NO3. The highest BCUT2D eigenvalue weighted by Crippen LogP contribution is 2.25. The van der Waals surface area contributed by atoms with Gasteiger partial charge in [0.2, 0.25) is 5.88 Å². The molecule has 0 fully saturated rings. The van der Waals surface area contributed by atoms with E-state index in [1.165, 1.54) is 0 Å². The van der Waals surface area contributed by atoms with Crippen LogP contribution in [0.1, 0.15) is 34.1 Å². The van der Waals surface area contributed by atoms with Crippen molar-refractivity contribution in [3.8, 4) is 11.6 Å². The zero-order chi connectivity index (χ0) is 18.4. The normalized spacial score (nSPS) is 10.4. The van der Waals surface area contributed by atoms with Gasteiger partial charge in [0, 0.05) is 5.69 Å². The molecular weight excluding hydrogens is 326 g/mol. The summed E-state index contributed by atoms with van der Waals surface area (Å²) in [6.07, 6.45) is 0.685.